The molecule has 3 rings (SSSR count). The first-order valence-electron chi connectivity index (χ1n) is 9.75. The normalized spacial score (nSPS) is 14.7. The van der Waals surface area contributed by atoms with Crippen LogP contribution in [0.4, 0.5) is 16.6 Å². The summed E-state index contributed by atoms with van der Waals surface area (Å²) in [5.41, 5.74) is 1.79. The van der Waals surface area contributed by atoms with Crippen LogP contribution in [0.15, 0.2) is 36.4 Å². The molecular weight excluding hydrogens is 354 g/mol. The second kappa shape index (κ2) is 8.46. The van der Waals surface area contributed by atoms with E-state index in [4.69, 9.17) is 14.7 Å². The van der Waals surface area contributed by atoms with E-state index in [1.54, 1.807) is 4.90 Å². The summed E-state index contributed by atoms with van der Waals surface area (Å²) >= 11 is 0. The predicted molar refractivity (Wildman–Crippen MR) is 112 cm³/mol. The van der Waals surface area contributed by atoms with Crippen molar-refractivity contribution in [3.63, 3.8) is 0 Å². The summed E-state index contributed by atoms with van der Waals surface area (Å²) in [7, 11) is 0. The van der Waals surface area contributed by atoms with E-state index >= 15 is 0 Å². The SMILES string of the molecule is CCOC(=O)N1CCN(c2cc(-c3ccccc3)nc(NC(C)(C)C)n2)CC1. The van der Waals surface area contributed by atoms with E-state index in [1.165, 1.54) is 0 Å². The van der Waals surface area contributed by atoms with Gasteiger partial charge in [0.1, 0.15) is 5.82 Å². The number of rotatable bonds is 4. The average molecular weight is 383 g/mol. The molecule has 7 nitrogen and oxygen atoms in total. The van der Waals surface area contributed by atoms with Crippen molar-refractivity contribution in [1.82, 2.24) is 14.9 Å². The minimum Gasteiger partial charge on any atom is -0.450 e. The van der Waals surface area contributed by atoms with E-state index in [9.17, 15) is 4.79 Å². The number of anilines is 2. The quantitative estimate of drug-likeness (QED) is 0.869. The van der Waals surface area contributed by atoms with Crippen molar-refractivity contribution >= 4 is 17.9 Å². The number of ether oxygens (including phenoxy) is 1. The highest BCUT2D eigenvalue weighted by Gasteiger charge is 2.24. The first-order chi connectivity index (χ1) is 13.4. The molecule has 0 spiro atoms. The molecule has 2 aromatic rings. The van der Waals surface area contributed by atoms with Crippen LogP contribution >= 0.6 is 0 Å². The van der Waals surface area contributed by atoms with Crippen LogP contribution in [0.5, 0.6) is 0 Å². The van der Waals surface area contributed by atoms with E-state index in [-0.39, 0.29) is 11.6 Å². The van der Waals surface area contributed by atoms with Crippen molar-refractivity contribution in [2.45, 2.75) is 33.2 Å². The van der Waals surface area contributed by atoms with Crippen LogP contribution in [0.3, 0.4) is 0 Å². The Morgan fingerprint density at radius 1 is 1.11 bits per heavy atom. The predicted octanol–water partition coefficient (Wildman–Crippen LogP) is 3.63. The van der Waals surface area contributed by atoms with Crippen molar-refractivity contribution in [3.8, 4) is 11.3 Å². The highest BCUT2D eigenvalue weighted by Crippen LogP contribution is 2.25. The largest absolute Gasteiger partial charge is 0.450 e. The lowest BCUT2D eigenvalue weighted by atomic mass is 10.1. The molecule has 1 amide bonds. The summed E-state index contributed by atoms with van der Waals surface area (Å²) < 4.78 is 5.11. The van der Waals surface area contributed by atoms with Crippen LogP contribution in [-0.4, -0.2) is 59.3 Å². The molecule has 0 unspecified atom stereocenters. The second-order valence-electron chi connectivity index (χ2n) is 7.85. The van der Waals surface area contributed by atoms with E-state index in [1.807, 2.05) is 43.3 Å². The van der Waals surface area contributed by atoms with Gasteiger partial charge in [0.15, 0.2) is 0 Å². The van der Waals surface area contributed by atoms with Gasteiger partial charge in [0.25, 0.3) is 0 Å². The molecule has 28 heavy (non-hydrogen) atoms. The molecule has 1 aliphatic rings. The Balaban J connectivity index is 1.84. The maximum atomic E-state index is 11.9. The number of carbonyl (C=O) groups excluding carboxylic acids is 1. The fraction of sp³-hybridized carbons (Fsp3) is 0.476. The monoisotopic (exact) mass is 383 g/mol. The Hall–Kier alpha value is -2.83. The minimum atomic E-state index is -0.245. The minimum absolute atomic E-state index is 0.144. The Labute approximate surface area is 166 Å². The molecule has 0 bridgehead atoms. The highest BCUT2D eigenvalue weighted by molar-refractivity contribution is 5.68. The van der Waals surface area contributed by atoms with Crippen LogP contribution in [0.2, 0.25) is 0 Å². The average Bonchev–Trinajstić information content (AvgIpc) is 2.67. The van der Waals surface area contributed by atoms with Crippen LogP contribution in [0.1, 0.15) is 27.7 Å². The number of benzene rings is 1. The Morgan fingerprint density at radius 2 is 1.79 bits per heavy atom. The van der Waals surface area contributed by atoms with Gasteiger partial charge in [-0.2, -0.15) is 4.98 Å². The maximum Gasteiger partial charge on any atom is 0.409 e. The number of hydrogen-bond acceptors (Lipinski definition) is 6. The molecular formula is C21H29N5O2. The molecule has 1 aromatic heterocycles. The number of carbonyl (C=O) groups is 1. The van der Waals surface area contributed by atoms with Gasteiger partial charge in [-0.1, -0.05) is 30.3 Å². The zero-order chi connectivity index (χ0) is 20.1. The Morgan fingerprint density at radius 3 is 2.39 bits per heavy atom. The standard InChI is InChI=1S/C21H29N5O2/c1-5-28-20(27)26-13-11-25(12-14-26)18-15-17(16-9-7-6-8-10-16)22-19(23-18)24-21(2,3)4/h6-10,15H,5,11-14H2,1-4H3,(H,22,23,24). The molecule has 1 N–H and O–H groups in total. The zero-order valence-corrected chi connectivity index (χ0v) is 17.1. The second-order valence-corrected chi connectivity index (χ2v) is 7.85. The summed E-state index contributed by atoms with van der Waals surface area (Å²) in [6.07, 6.45) is -0.245. The van der Waals surface area contributed by atoms with Gasteiger partial charge in [-0.25, -0.2) is 9.78 Å². The van der Waals surface area contributed by atoms with Crippen LogP contribution in [-0.2, 0) is 4.74 Å². The fourth-order valence-electron chi connectivity index (χ4n) is 3.08. The first-order valence-corrected chi connectivity index (χ1v) is 9.75. The van der Waals surface area contributed by atoms with Crippen LogP contribution < -0.4 is 10.2 Å². The molecule has 0 aliphatic carbocycles. The van der Waals surface area contributed by atoms with Gasteiger partial charge in [-0.05, 0) is 27.7 Å². The molecule has 1 saturated heterocycles. The number of nitrogens with zero attached hydrogens (tertiary/aromatic N) is 4. The summed E-state index contributed by atoms with van der Waals surface area (Å²) in [5.74, 6) is 1.47. The molecule has 0 radical (unpaired) electrons. The molecule has 7 heteroatoms. The molecule has 1 aromatic carbocycles. The zero-order valence-electron chi connectivity index (χ0n) is 17.1. The Kier molecular flexibility index (Phi) is 6.02. The van der Waals surface area contributed by atoms with E-state index in [0.29, 0.717) is 38.7 Å². The van der Waals surface area contributed by atoms with Crippen LogP contribution in [0.25, 0.3) is 11.3 Å². The third-order valence-corrected chi connectivity index (χ3v) is 4.40. The lowest BCUT2D eigenvalue weighted by Gasteiger charge is -2.35. The van der Waals surface area contributed by atoms with E-state index in [0.717, 1.165) is 17.1 Å². The number of aromatic nitrogens is 2. The molecule has 150 valence electrons. The van der Waals surface area contributed by atoms with Gasteiger partial charge in [0.05, 0.1) is 12.3 Å². The number of piperazine rings is 1. The third-order valence-electron chi connectivity index (χ3n) is 4.40. The van der Waals surface area contributed by atoms with Crippen molar-refractivity contribution in [2.75, 3.05) is 43.0 Å². The molecule has 0 saturated carbocycles. The van der Waals surface area contributed by atoms with Gasteiger partial charge in [-0.15, -0.1) is 0 Å². The van der Waals surface area contributed by atoms with Crippen molar-refractivity contribution in [1.29, 1.82) is 0 Å². The highest BCUT2D eigenvalue weighted by atomic mass is 16.6. The number of amides is 1. The molecule has 2 heterocycles. The van der Waals surface area contributed by atoms with Gasteiger partial charge in [0.2, 0.25) is 5.95 Å². The summed E-state index contributed by atoms with van der Waals surface area (Å²) in [4.78, 5) is 25.3. The van der Waals surface area contributed by atoms with E-state index in [2.05, 4.69) is 31.0 Å². The molecule has 1 fully saturated rings. The maximum absolute atomic E-state index is 11.9. The fourth-order valence-corrected chi connectivity index (χ4v) is 3.08. The molecule has 0 atom stereocenters. The summed E-state index contributed by atoms with van der Waals surface area (Å²) in [6.45, 7) is 11.1. The number of nitrogens with one attached hydrogen (secondary N) is 1. The Bertz CT molecular complexity index is 796. The molecule has 1 aliphatic heterocycles. The van der Waals surface area contributed by atoms with Gasteiger partial charge < -0.3 is 19.9 Å². The number of hydrogen-bond donors (Lipinski definition) is 1. The van der Waals surface area contributed by atoms with E-state index < -0.39 is 0 Å². The van der Waals surface area contributed by atoms with Crippen LogP contribution in [0, 0.1) is 0 Å². The van der Waals surface area contributed by atoms with Crippen molar-refractivity contribution in [3.05, 3.63) is 36.4 Å². The topological polar surface area (TPSA) is 70.6 Å². The van der Waals surface area contributed by atoms with Gasteiger partial charge >= 0.3 is 6.09 Å². The van der Waals surface area contributed by atoms with Crippen molar-refractivity contribution in [2.24, 2.45) is 0 Å². The van der Waals surface area contributed by atoms with Gasteiger partial charge in [0, 0.05) is 43.3 Å². The smallest absolute Gasteiger partial charge is 0.409 e. The summed E-state index contributed by atoms with van der Waals surface area (Å²) in [5, 5.41) is 3.38. The summed E-state index contributed by atoms with van der Waals surface area (Å²) in [6, 6.07) is 12.1. The van der Waals surface area contributed by atoms with Gasteiger partial charge in [-0.3, -0.25) is 0 Å². The lowest BCUT2D eigenvalue weighted by Crippen LogP contribution is -2.49. The van der Waals surface area contributed by atoms with Crippen molar-refractivity contribution < 1.29 is 9.53 Å². The first kappa shape index (κ1) is 19.9. The third kappa shape index (κ3) is 5.12. The lowest BCUT2D eigenvalue weighted by molar-refractivity contribution is 0.105.